The highest BCUT2D eigenvalue weighted by atomic mass is 32.1. The summed E-state index contributed by atoms with van der Waals surface area (Å²) in [5.74, 6) is 0.655. The van der Waals surface area contributed by atoms with Crippen molar-refractivity contribution >= 4 is 11.5 Å². The summed E-state index contributed by atoms with van der Waals surface area (Å²) in [6.45, 7) is 6.38. The molecule has 1 aromatic heterocycles. The van der Waals surface area contributed by atoms with E-state index in [1.165, 1.54) is 16.4 Å². The minimum atomic E-state index is 0.177. The predicted octanol–water partition coefficient (Wildman–Crippen LogP) is 2.50. The van der Waals surface area contributed by atoms with Gasteiger partial charge in [-0.1, -0.05) is 13.8 Å². The van der Waals surface area contributed by atoms with Crippen molar-refractivity contribution < 1.29 is 0 Å². The van der Waals surface area contributed by atoms with E-state index >= 15 is 0 Å². The molecule has 0 aromatic carbocycles. The molecule has 0 saturated carbocycles. The standard InChI is InChI=1S/C9H16N2S/c1-6(2)4-8(10)9-5-7(3)11-12-9/h5-6,8H,4,10H2,1-3H3. The zero-order valence-electron chi connectivity index (χ0n) is 7.87. The minimum Gasteiger partial charge on any atom is -0.323 e. The molecule has 0 spiro atoms. The molecule has 1 unspecified atom stereocenters. The lowest BCUT2D eigenvalue weighted by Gasteiger charge is -2.10. The quantitative estimate of drug-likeness (QED) is 0.784. The van der Waals surface area contributed by atoms with Gasteiger partial charge in [-0.15, -0.1) is 0 Å². The van der Waals surface area contributed by atoms with Gasteiger partial charge in [-0.2, -0.15) is 4.37 Å². The monoisotopic (exact) mass is 184 g/mol. The summed E-state index contributed by atoms with van der Waals surface area (Å²) in [6.07, 6.45) is 1.04. The van der Waals surface area contributed by atoms with Gasteiger partial charge < -0.3 is 5.73 Å². The number of aromatic nitrogens is 1. The summed E-state index contributed by atoms with van der Waals surface area (Å²) in [7, 11) is 0. The smallest absolute Gasteiger partial charge is 0.0514 e. The Hall–Kier alpha value is -0.410. The second-order valence-corrected chi connectivity index (χ2v) is 4.44. The summed E-state index contributed by atoms with van der Waals surface area (Å²) < 4.78 is 4.21. The van der Waals surface area contributed by atoms with Gasteiger partial charge in [0.05, 0.1) is 5.69 Å². The van der Waals surface area contributed by atoms with E-state index < -0.39 is 0 Å². The summed E-state index contributed by atoms with van der Waals surface area (Å²) >= 11 is 1.52. The fourth-order valence-corrected chi connectivity index (χ4v) is 1.94. The average molecular weight is 184 g/mol. The molecule has 1 atom stereocenters. The fraction of sp³-hybridized carbons (Fsp3) is 0.667. The molecule has 0 saturated heterocycles. The normalized spacial score (nSPS) is 13.8. The molecule has 2 N–H and O–H groups in total. The Morgan fingerprint density at radius 3 is 2.67 bits per heavy atom. The molecule has 0 aliphatic heterocycles. The van der Waals surface area contributed by atoms with Gasteiger partial charge in [0.2, 0.25) is 0 Å². The molecular weight excluding hydrogens is 168 g/mol. The molecule has 68 valence electrons. The Morgan fingerprint density at radius 2 is 2.25 bits per heavy atom. The Kier molecular flexibility index (Phi) is 3.23. The van der Waals surface area contributed by atoms with Crippen LogP contribution in [-0.4, -0.2) is 4.37 Å². The molecule has 0 aliphatic carbocycles. The number of aryl methyl sites for hydroxylation is 1. The molecule has 1 aromatic rings. The van der Waals surface area contributed by atoms with Crippen molar-refractivity contribution in [1.82, 2.24) is 4.37 Å². The van der Waals surface area contributed by atoms with Gasteiger partial charge in [-0.05, 0) is 36.9 Å². The van der Waals surface area contributed by atoms with E-state index in [4.69, 9.17) is 5.73 Å². The van der Waals surface area contributed by atoms with Crippen LogP contribution in [0.25, 0.3) is 0 Å². The lowest BCUT2D eigenvalue weighted by molar-refractivity contribution is 0.515. The van der Waals surface area contributed by atoms with E-state index in [0.717, 1.165) is 12.1 Å². The van der Waals surface area contributed by atoms with Crippen molar-refractivity contribution in [3.8, 4) is 0 Å². The lowest BCUT2D eigenvalue weighted by atomic mass is 10.0. The molecule has 0 radical (unpaired) electrons. The van der Waals surface area contributed by atoms with Crippen molar-refractivity contribution in [3.05, 3.63) is 16.6 Å². The van der Waals surface area contributed by atoms with Gasteiger partial charge in [-0.3, -0.25) is 0 Å². The second-order valence-electron chi connectivity index (χ2n) is 3.61. The third-order valence-corrected chi connectivity index (χ3v) is 2.75. The third kappa shape index (κ3) is 2.57. The molecular formula is C9H16N2S. The van der Waals surface area contributed by atoms with Crippen molar-refractivity contribution in [2.75, 3.05) is 0 Å². The van der Waals surface area contributed by atoms with Gasteiger partial charge in [0.15, 0.2) is 0 Å². The van der Waals surface area contributed by atoms with Crippen molar-refractivity contribution in [3.63, 3.8) is 0 Å². The Morgan fingerprint density at radius 1 is 1.58 bits per heavy atom. The minimum absolute atomic E-state index is 0.177. The van der Waals surface area contributed by atoms with Crippen LogP contribution in [0, 0.1) is 12.8 Å². The van der Waals surface area contributed by atoms with Gasteiger partial charge in [0.1, 0.15) is 0 Å². The highest BCUT2D eigenvalue weighted by Gasteiger charge is 2.10. The third-order valence-electron chi connectivity index (χ3n) is 1.74. The van der Waals surface area contributed by atoms with Crippen LogP contribution in [0.5, 0.6) is 0 Å². The number of nitrogens with zero attached hydrogens (tertiary/aromatic N) is 1. The molecule has 0 fully saturated rings. The van der Waals surface area contributed by atoms with Crippen molar-refractivity contribution in [1.29, 1.82) is 0 Å². The van der Waals surface area contributed by atoms with E-state index in [1.807, 2.05) is 6.92 Å². The van der Waals surface area contributed by atoms with E-state index in [2.05, 4.69) is 24.3 Å². The first-order valence-electron chi connectivity index (χ1n) is 4.28. The van der Waals surface area contributed by atoms with Gasteiger partial charge in [0.25, 0.3) is 0 Å². The SMILES string of the molecule is Cc1cc(C(N)CC(C)C)sn1. The van der Waals surface area contributed by atoms with Crippen LogP contribution in [0.3, 0.4) is 0 Å². The van der Waals surface area contributed by atoms with Crippen LogP contribution in [0.4, 0.5) is 0 Å². The predicted molar refractivity (Wildman–Crippen MR) is 53.2 cm³/mol. The number of hydrogen-bond donors (Lipinski definition) is 1. The maximum absolute atomic E-state index is 5.98. The zero-order valence-corrected chi connectivity index (χ0v) is 8.69. The molecule has 1 rings (SSSR count). The van der Waals surface area contributed by atoms with E-state index in [9.17, 15) is 0 Å². The van der Waals surface area contributed by atoms with Crippen molar-refractivity contribution in [2.45, 2.75) is 33.2 Å². The molecule has 12 heavy (non-hydrogen) atoms. The first kappa shape index (κ1) is 9.68. The first-order valence-corrected chi connectivity index (χ1v) is 5.05. The topological polar surface area (TPSA) is 38.9 Å². The maximum Gasteiger partial charge on any atom is 0.0514 e. The van der Waals surface area contributed by atoms with Crippen LogP contribution in [0.1, 0.15) is 36.9 Å². The molecule has 1 heterocycles. The number of rotatable bonds is 3. The van der Waals surface area contributed by atoms with Crippen LogP contribution in [0.15, 0.2) is 6.07 Å². The summed E-state index contributed by atoms with van der Waals surface area (Å²) in [5.41, 5.74) is 7.06. The molecule has 0 amide bonds. The van der Waals surface area contributed by atoms with E-state index in [1.54, 1.807) is 0 Å². The number of hydrogen-bond acceptors (Lipinski definition) is 3. The Bertz CT molecular complexity index is 242. The largest absolute Gasteiger partial charge is 0.323 e. The number of nitrogens with two attached hydrogens (primary N) is 1. The van der Waals surface area contributed by atoms with E-state index in [-0.39, 0.29) is 6.04 Å². The van der Waals surface area contributed by atoms with Crippen molar-refractivity contribution in [2.24, 2.45) is 11.7 Å². The summed E-state index contributed by atoms with van der Waals surface area (Å²) in [5, 5.41) is 0. The molecule has 0 aliphatic rings. The van der Waals surface area contributed by atoms with Crippen LogP contribution < -0.4 is 5.73 Å². The van der Waals surface area contributed by atoms with E-state index in [0.29, 0.717) is 5.92 Å². The Labute approximate surface area is 78.0 Å². The van der Waals surface area contributed by atoms with Crippen LogP contribution in [-0.2, 0) is 0 Å². The van der Waals surface area contributed by atoms with Crippen LogP contribution in [0.2, 0.25) is 0 Å². The lowest BCUT2D eigenvalue weighted by Crippen LogP contribution is -2.11. The van der Waals surface area contributed by atoms with Gasteiger partial charge in [0, 0.05) is 10.9 Å². The second kappa shape index (κ2) is 4.01. The molecule has 3 heteroatoms. The van der Waals surface area contributed by atoms with Gasteiger partial charge in [-0.25, -0.2) is 0 Å². The highest BCUT2D eigenvalue weighted by Crippen LogP contribution is 2.22. The summed E-state index contributed by atoms with van der Waals surface area (Å²) in [6, 6.07) is 2.26. The van der Waals surface area contributed by atoms with Gasteiger partial charge >= 0.3 is 0 Å². The highest BCUT2D eigenvalue weighted by molar-refractivity contribution is 7.05. The molecule has 0 bridgehead atoms. The van der Waals surface area contributed by atoms with Crippen LogP contribution >= 0.6 is 11.5 Å². The maximum atomic E-state index is 5.98. The zero-order chi connectivity index (χ0) is 9.14. The Balaban J connectivity index is 2.58. The summed E-state index contributed by atoms with van der Waals surface area (Å²) in [4.78, 5) is 1.21. The molecule has 2 nitrogen and oxygen atoms in total. The average Bonchev–Trinajstić information content (AvgIpc) is 2.34. The fourth-order valence-electron chi connectivity index (χ4n) is 1.18. The first-order chi connectivity index (χ1) is 5.59.